The van der Waals surface area contributed by atoms with Gasteiger partial charge in [0.25, 0.3) is 0 Å². The molecule has 0 N–H and O–H groups in total. The standard InChI is InChI=1S/C17H18ClNO2S/c1-12-6-8-16(22-12)15(20)7-9-17(21)19(2)11-13-4-3-5-14(18)10-13/h3-6,8,10H,7,9,11H2,1-2H3. The molecule has 0 saturated carbocycles. The van der Waals surface area contributed by atoms with E-state index in [-0.39, 0.29) is 24.5 Å². The van der Waals surface area contributed by atoms with Crippen LogP contribution in [0.15, 0.2) is 36.4 Å². The second-order valence-corrected chi connectivity index (χ2v) is 6.94. The Labute approximate surface area is 139 Å². The number of aryl methyl sites for hydroxylation is 1. The average Bonchev–Trinajstić information content (AvgIpc) is 2.91. The quantitative estimate of drug-likeness (QED) is 0.737. The number of carbonyl (C=O) groups excluding carboxylic acids is 2. The van der Waals surface area contributed by atoms with Crippen LogP contribution in [0.2, 0.25) is 5.02 Å². The van der Waals surface area contributed by atoms with Gasteiger partial charge in [-0.25, -0.2) is 0 Å². The van der Waals surface area contributed by atoms with E-state index in [1.165, 1.54) is 11.3 Å². The third kappa shape index (κ3) is 4.68. The Hall–Kier alpha value is -1.65. The zero-order chi connectivity index (χ0) is 16.1. The first kappa shape index (κ1) is 16.7. The van der Waals surface area contributed by atoms with Gasteiger partial charge in [-0.05, 0) is 36.8 Å². The number of rotatable bonds is 6. The molecule has 0 radical (unpaired) electrons. The van der Waals surface area contributed by atoms with Crippen molar-refractivity contribution in [1.29, 1.82) is 0 Å². The van der Waals surface area contributed by atoms with E-state index in [1.807, 2.05) is 37.3 Å². The van der Waals surface area contributed by atoms with Crippen LogP contribution in [0.3, 0.4) is 0 Å². The fourth-order valence-electron chi connectivity index (χ4n) is 2.12. The van der Waals surface area contributed by atoms with Crippen molar-refractivity contribution < 1.29 is 9.59 Å². The van der Waals surface area contributed by atoms with Crippen LogP contribution in [0, 0.1) is 6.92 Å². The predicted molar refractivity (Wildman–Crippen MR) is 90.5 cm³/mol. The Balaban J connectivity index is 1.85. The molecule has 116 valence electrons. The van der Waals surface area contributed by atoms with Gasteiger partial charge in [0.15, 0.2) is 5.78 Å². The molecular formula is C17H18ClNO2S. The molecule has 0 aliphatic rings. The second-order valence-electron chi connectivity index (χ2n) is 5.21. The van der Waals surface area contributed by atoms with Crippen LogP contribution < -0.4 is 0 Å². The van der Waals surface area contributed by atoms with Crippen LogP contribution in [0.4, 0.5) is 0 Å². The normalized spacial score (nSPS) is 10.5. The molecule has 2 rings (SSSR count). The number of thiophene rings is 1. The molecule has 0 aliphatic heterocycles. The lowest BCUT2D eigenvalue weighted by molar-refractivity contribution is -0.130. The lowest BCUT2D eigenvalue weighted by Crippen LogP contribution is -2.26. The predicted octanol–water partition coefficient (Wildman–Crippen LogP) is 4.33. The Morgan fingerprint density at radius 3 is 2.59 bits per heavy atom. The van der Waals surface area contributed by atoms with Gasteiger partial charge in [-0.1, -0.05) is 23.7 Å². The summed E-state index contributed by atoms with van der Waals surface area (Å²) in [6, 6.07) is 11.2. The van der Waals surface area contributed by atoms with Crippen molar-refractivity contribution in [2.24, 2.45) is 0 Å². The summed E-state index contributed by atoms with van der Waals surface area (Å²) in [5, 5.41) is 0.654. The number of carbonyl (C=O) groups is 2. The summed E-state index contributed by atoms with van der Waals surface area (Å²) in [7, 11) is 1.74. The molecule has 1 aromatic heterocycles. The number of hydrogen-bond donors (Lipinski definition) is 0. The summed E-state index contributed by atoms with van der Waals surface area (Å²) >= 11 is 7.40. The Morgan fingerprint density at radius 1 is 1.18 bits per heavy atom. The van der Waals surface area contributed by atoms with E-state index < -0.39 is 0 Å². The van der Waals surface area contributed by atoms with Gasteiger partial charge in [0.05, 0.1) is 4.88 Å². The number of amides is 1. The summed E-state index contributed by atoms with van der Waals surface area (Å²) in [4.78, 5) is 27.6. The van der Waals surface area contributed by atoms with E-state index in [2.05, 4.69) is 0 Å². The SMILES string of the molecule is Cc1ccc(C(=O)CCC(=O)N(C)Cc2cccc(Cl)c2)s1. The molecule has 0 atom stereocenters. The van der Waals surface area contributed by atoms with E-state index >= 15 is 0 Å². The first-order chi connectivity index (χ1) is 10.5. The maximum atomic E-state index is 12.1. The molecule has 2 aromatic rings. The zero-order valence-electron chi connectivity index (χ0n) is 12.6. The highest BCUT2D eigenvalue weighted by atomic mass is 35.5. The largest absolute Gasteiger partial charge is 0.341 e. The van der Waals surface area contributed by atoms with Gasteiger partial charge in [0.1, 0.15) is 0 Å². The van der Waals surface area contributed by atoms with Crippen molar-refractivity contribution in [2.75, 3.05) is 7.05 Å². The molecule has 0 bridgehead atoms. The first-order valence-electron chi connectivity index (χ1n) is 7.04. The molecular weight excluding hydrogens is 318 g/mol. The Bertz CT molecular complexity index is 681. The van der Waals surface area contributed by atoms with E-state index in [1.54, 1.807) is 18.0 Å². The summed E-state index contributed by atoms with van der Waals surface area (Å²) < 4.78 is 0. The topological polar surface area (TPSA) is 37.4 Å². The molecule has 5 heteroatoms. The highest BCUT2D eigenvalue weighted by Crippen LogP contribution is 2.18. The van der Waals surface area contributed by atoms with Crippen molar-refractivity contribution in [3.63, 3.8) is 0 Å². The van der Waals surface area contributed by atoms with Crippen molar-refractivity contribution in [3.05, 3.63) is 56.7 Å². The highest BCUT2D eigenvalue weighted by Gasteiger charge is 2.14. The number of ketones is 1. The second kappa shape index (κ2) is 7.56. The van der Waals surface area contributed by atoms with Crippen LogP contribution in [-0.2, 0) is 11.3 Å². The van der Waals surface area contributed by atoms with Gasteiger partial charge in [0, 0.05) is 36.3 Å². The number of nitrogens with zero attached hydrogens (tertiary/aromatic N) is 1. The van der Waals surface area contributed by atoms with Crippen LogP contribution in [0.1, 0.15) is 33.0 Å². The van der Waals surface area contributed by atoms with E-state index in [0.29, 0.717) is 11.6 Å². The van der Waals surface area contributed by atoms with Gasteiger partial charge >= 0.3 is 0 Å². The summed E-state index contributed by atoms with van der Waals surface area (Å²) in [6.45, 7) is 2.46. The fraction of sp³-hybridized carbons (Fsp3) is 0.294. The van der Waals surface area contributed by atoms with Gasteiger partial charge in [0.2, 0.25) is 5.91 Å². The highest BCUT2D eigenvalue weighted by molar-refractivity contribution is 7.14. The van der Waals surface area contributed by atoms with Crippen LogP contribution in [0.25, 0.3) is 0 Å². The lowest BCUT2D eigenvalue weighted by atomic mass is 10.1. The minimum absolute atomic E-state index is 0.0302. The van der Waals surface area contributed by atoms with Gasteiger partial charge < -0.3 is 4.90 Å². The van der Waals surface area contributed by atoms with Crippen molar-refractivity contribution >= 4 is 34.6 Å². The molecule has 0 aliphatic carbocycles. The van der Waals surface area contributed by atoms with E-state index in [9.17, 15) is 9.59 Å². The summed E-state index contributed by atoms with van der Waals surface area (Å²) in [5.41, 5.74) is 0.976. The van der Waals surface area contributed by atoms with Crippen molar-refractivity contribution in [2.45, 2.75) is 26.3 Å². The number of Topliss-reactive ketones (excluding diaryl/α,β-unsaturated/α-hetero) is 1. The summed E-state index contributed by atoms with van der Waals surface area (Å²) in [6.07, 6.45) is 0.478. The van der Waals surface area contributed by atoms with Crippen LogP contribution >= 0.6 is 22.9 Å². The molecule has 0 spiro atoms. The Morgan fingerprint density at radius 2 is 1.95 bits per heavy atom. The minimum Gasteiger partial charge on any atom is -0.341 e. The van der Waals surface area contributed by atoms with Crippen molar-refractivity contribution in [3.8, 4) is 0 Å². The maximum Gasteiger partial charge on any atom is 0.223 e. The minimum atomic E-state index is -0.0402. The van der Waals surface area contributed by atoms with E-state index in [0.717, 1.165) is 15.3 Å². The third-order valence-electron chi connectivity index (χ3n) is 3.32. The lowest BCUT2D eigenvalue weighted by Gasteiger charge is -2.17. The summed E-state index contributed by atoms with van der Waals surface area (Å²) in [5.74, 6) is -0.00999. The third-order valence-corrected chi connectivity index (χ3v) is 4.59. The van der Waals surface area contributed by atoms with Crippen LogP contribution in [0.5, 0.6) is 0 Å². The number of benzene rings is 1. The molecule has 1 heterocycles. The molecule has 0 unspecified atom stereocenters. The Kier molecular flexibility index (Phi) is 5.75. The zero-order valence-corrected chi connectivity index (χ0v) is 14.2. The maximum absolute atomic E-state index is 12.1. The van der Waals surface area contributed by atoms with Gasteiger partial charge in [-0.2, -0.15) is 0 Å². The molecule has 22 heavy (non-hydrogen) atoms. The fourth-order valence-corrected chi connectivity index (χ4v) is 3.16. The molecule has 1 amide bonds. The first-order valence-corrected chi connectivity index (χ1v) is 8.23. The molecule has 0 saturated heterocycles. The number of halogens is 1. The van der Waals surface area contributed by atoms with Crippen molar-refractivity contribution in [1.82, 2.24) is 4.90 Å². The molecule has 1 aromatic carbocycles. The monoisotopic (exact) mass is 335 g/mol. The smallest absolute Gasteiger partial charge is 0.223 e. The number of hydrogen-bond acceptors (Lipinski definition) is 3. The van der Waals surface area contributed by atoms with E-state index in [4.69, 9.17) is 11.6 Å². The molecule has 0 fully saturated rings. The van der Waals surface area contributed by atoms with Gasteiger partial charge in [-0.3, -0.25) is 9.59 Å². The van der Waals surface area contributed by atoms with Crippen LogP contribution in [-0.4, -0.2) is 23.6 Å². The molecule has 3 nitrogen and oxygen atoms in total. The van der Waals surface area contributed by atoms with Gasteiger partial charge in [-0.15, -0.1) is 11.3 Å². The average molecular weight is 336 g/mol.